The van der Waals surface area contributed by atoms with Crippen LogP contribution < -0.4 is 21.3 Å². The van der Waals surface area contributed by atoms with Crippen LogP contribution in [0.5, 0.6) is 0 Å². The largest absolute Gasteiger partial charge is 0.508 e. The number of amides is 2. The molecule has 3 aromatic rings. The summed E-state index contributed by atoms with van der Waals surface area (Å²) in [7, 11) is 2.39. The molecule has 2 heterocycles. The molecular formula is C34H47N7O12S2. The van der Waals surface area contributed by atoms with Crippen molar-refractivity contribution in [1.29, 1.82) is 0 Å². The van der Waals surface area contributed by atoms with Crippen LogP contribution in [0, 0.1) is 12.8 Å². The highest BCUT2D eigenvalue weighted by molar-refractivity contribution is 8.76. The number of carboxylic acid groups (broad SMARTS) is 1. The second-order valence-corrected chi connectivity index (χ2v) is 14.9. The van der Waals surface area contributed by atoms with E-state index >= 15 is 0 Å². The molecule has 19 nitrogen and oxygen atoms in total. The quantitative estimate of drug-likeness (QED) is 0.0336. The number of anilines is 3. The highest BCUT2D eigenvalue weighted by atomic mass is 33.1. The number of aliphatic carboxylic acids is 1. The summed E-state index contributed by atoms with van der Waals surface area (Å²) in [5.41, 5.74) is 2.63. The molecule has 0 bridgehead atoms. The standard InChI is InChI=1S/C34H47N7O12S2/c1-19-4-3-5-21(12-19)40-31-22-13-27(36-14-23(22)38-18-39-31)35-8-9-52-34(51)53-10-11-54-55-17-24(33(49)50)41-32(48)20(2)6-7-28(45)37-15-25(43)29(46)30(47)26(44)16-42/h3-5,12-14,18,20,24-26,29-30,42-44,46-47H,6-11,15-17H2,1-2H3,(H,35,36)(H,37,45)(H,41,48)(H,49,50)(H,38,39,40)/t20-,24-,25-,26+,29+,30+/m0/s1. The lowest BCUT2D eigenvalue weighted by molar-refractivity contribution is -0.141. The summed E-state index contributed by atoms with van der Waals surface area (Å²) in [4.78, 5) is 61.4. The van der Waals surface area contributed by atoms with Crippen molar-refractivity contribution in [3.63, 3.8) is 0 Å². The molecule has 0 spiro atoms. The molecule has 0 aliphatic carbocycles. The molecule has 302 valence electrons. The maximum atomic E-state index is 12.6. The van der Waals surface area contributed by atoms with Gasteiger partial charge in [-0.2, -0.15) is 0 Å². The van der Waals surface area contributed by atoms with Crippen LogP contribution in [0.25, 0.3) is 10.9 Å². The third kappa shape index (κ3) is 15.6. The molecule has 10 N–H and O–H groups in total. The number of nitrogens with zero attached hydrogens (tertiary/aromatic N) is 3. The number of benzene rings is 1. The Hall–Kier alpha value is -4.51. The fraction of sp³-hybridized carbons (Fsp3) is 0.500. The van der Waals surface area contributed by atoms with Crippen molar-refractivity contribution in [3.8, 4) is 0 Å². The Kier molecular flexibility index (Phi) is 19.1. The van der Waals surface area contributed by atoms with E-state index in [-0.39, 0.29) is 38.4 Å². The summed E-state index contributed by atoms with van der Waals surface area (Å²) in [5, 5.41) is 69.0. The summed E-state index contributed by atoms with van der Waals surface area (Å²) in [5.74, 6) is -1.70. The van der Waals surface area contributed by atoms with Crippen molar-refractivity contribution >= 4 is 73.8 Å². The molecule has 21 heteroatoms. The molecule has 0 fully saturated rings. The monoisotopic (exact) mass is 809 g/mol. The van der Waals surface area contributed by atoms with Crippen LogP contribution in [0.2, 0.25) is 0 Å². The number of nitrogens with one attached hydrogen (secondary N) is 4. The number of hydrogen-bond acceptors (Lipinski definition) is 18. The maximum Gasteiger partial charge on any atom is 0.508 e. The molecule has 0 saturated heterocycles. The van der Waals surface area contributed by atoms with Gasteiger partial charge in [0.15, 0.2) is 0 Å². The van der Waals surface area contributed by atoms with Gasteiger partial charge in [0.25, 0.3) is 0 Å². The van der Waals surface area contributed by atoms with Crippen LogP contribution >= 0.6 is 21.6 Å². The second-order valence-electron chi connectivity index (χ2n) is 12.2. The van der Waals surface area contributed by atoms with E-state index in [9.17, 15) is 44.7 Å². The van der Waals surface area contributed by atoms with Gasteiger partial charge in [0.1, 0.15) is 55.5 Å². The minimum atomic E-state index is -1.84. The van der Waals surface area contributed by atoms with Crippen LogP contribution in [-0.2, 0) is 23.9 Å². The van der Waals surface area contributed by atoms with Crippen LogP contribution in [0.15, 0.2) is 42.9 Å². The van der Waals surface area contributed by atoms with E-state index in [2.05, 4.69) is 36.2 Å². The number of ether oxygens (including phenoxy) is 2. The van der Waals surface area contributed by atoms with Gasteiger partial charge in [0.2, 0.25) is 11.8 Å². The lowest BCUT2D eigenvalue weighted by atomic mass is 10.0. The van der Waals surface area contributed by atoms with Crippen molar-refractivity contribution in [1.82, 2.24) is 25.6 Å². The van der Waals surface area contributed by atoms with Crippen molar-refractivity contribution in [2.75, 3.05) is 55.0 Å². The SMILES string of the molecule is Cc1cccc(Nc2ncnc3cnc(NCCOC(=O)OCCSSC[C@H](NC(=O)[C@@H](C)CCC(=O)NC[C@H](O)[C@@H](O)[C@H](O)[C@H](O)CO)C(=O)O)cc23)c1. The average Bonchev–Trinajstić information content (AvgIpc) is 3.17. The number of aliphatic hydroxyl groups is 5. The lowest BCUT2D eigenvalue weighted by Gasteiger charge is -2.25. The molecule has 2 amide bonds. The number of carbonyl (C=O) groups is 4. The molecule has 6 atom stereocenters. The Morgan fingerprint density at radius 3 is 2.42 bits per heavy atom. The van der Waals surface area contributed by atoms with Crippen molar-refractivity contribution in [2.24, 2.45) is 5.92 Å². The maximum absolute atomic E-state index is 12.6. The average molecular weight is 810 g/mol. The Balaban J connectivity index is 1.28. The fourth-order valence-electron chi connectivity index (χ4n) is 4.66. The number of aryl methyl sites for hydroxylation is 1. The Bertz CT molecular complexity index is 1710. The zero-order valence-electron chi connectivity index (χ0n) is 30.2. The molecular weight excluding hydrogens is 763 g/mol. The molecule has 2 aromatic heterocycles. The molecule has 0 aliphatic rings. The molecule has 0 aliphatic heterocycles. The molecule has 3 rings (SSSR count). The van der Waals surface area contributed by atoms with E-state index in [0.29, 0.717) is 22.9 Å². The van der Waals surface area contributed by atoms with Crippen LogP contribution in [0.4, 0.5) is 22.1 Å². The molecule has 0 saturated carbocycles. The normalized spacial score (nSPS) is 14.5. The predicted octanol–water partition coefficient (Wildman–Crippen LogP) is 0.561. The first-order valence-electron chi connectivity index (χ1n) is 17.1. The summed E-state index contributed by atoms with van der Waals surface area (Å²) in [6.45, 7) is 2.45. The summed E-state index contributed by atoms with van der Waals surface area (Å²) < 4.78 is 10.2. The van der Waals surface area contributed by atoms with Gasteiger partial charge in [-0.15, -0.1) is 0 Å². The topological polar surface area (TPSA) is 295 Å². The first kappa shape index (κ1) is 44.9. The number of carboxylic acids is 1. The Morgan fingerprint density at radius 1 is 0.945 bits per heavy atom. The van der Waals surface area contributed by atoms with E-state index in [4.69, 9.17) is 14.6 Å². The van der Waals surface area contributed by atoms with Crippen LogP contribution in [0.3, 0.4) is 0 Å². The molecule has 55 heavy (non-hydrogen) atoms. The van der Waals surface area contributed by atoms with Gasteiger partial charge in [-0.25, -0.2) is 24.5 Å². The van der Waals surface area contributed by atoms with Crippen LogP contribution in [-0.4, -0.2) is 144 Å². The first-order chi connectivity index (χ1) is 26.3. The van der Waals surface area contributed by atoms with Gasteiger partial charge < -0.3 is 61.4 Å². The number of rotatable bonds is 24. The summed E-state index contributed by atoms with van der Waals surface area (Å²) >= 11 is 0. The van der Waals surface area contributed by atoms with Gasteiger partial charge in [-0.05, 0) is 37.1 Å². The third-order valence-corrected chi connectivity index (χ3v) is 10.2. The van der Waals surface area contributed by atoms with Crippen molar-refractivity contribution in [3.05, 3.63) is 48.4 Å². The molecule has 1 aromatic carbocycles. The van der Waals surface area contributed by atoms with Crippen molar-refractivity contribution in [2.45, 2.75) is 57.1 Å². The smallest absolute Gasteiger partial charge is 0.480 e. The summed E-state index contributed by atoms with van der Waals surface area (Å²) in [6.07, 6.45) is -4.91. The third-order valence-electron chi connectivity index (χ3n) is 7.84. The number of aliphatic hydroxyl groups excluding tert-OH is 5. The van der Waals surface area contributed by atoms with E-state index < -0.39 is 73.5 Å². The van der Waals surface area contributed by atoms with E-state index in [1.54, 1.807) is 12.3 Å². The highest BCUT2D eigenvalue weighted by Gasteiger charge is 2.30. The molecule has 0 radical (unpaired) electrons. The van der Waals surface area contributed by atoms with E-state index in [0.717, 1.165) is 27.4 Å². The first-order valence-corrected chi connectivity index (χ1v) is 19.6. The minimum absolute atomic E-state index is 0.000612. The fourth-order valence-corrected chi connectivity index (χ4v) is 6.64. The number of carbonyl (C=O) groups excluding carboxylic acids is 3. The molecule has 0 unspecified atom stereocenters. The van der Waals surface area contributed by atoms with Gasteiger partial charge in [-0.3, -0.25) is 9.59 Å². The zero-order chi connectivity index (χ0) is 40.3. The number of fused-ring (bicyclic) bond motifs is 1. The van der Waals surface area contributed by atoms with Gasteiger partial charge in [0.05, 0.1) is 31.0 Å². The van der Waals surface area contributed by atoms with Gasteiger partial charge in [0, 0.05) is 41.5 Å². The highest BCUT2D eigenvalue weighted by Crippen LogP contribution is 2.25. The number of hydrogen-bond donors (Lipinski definition) is 10. The lowest BCUT2D eigenvalue weighted by Crippen LogP contribution is -2.49. The number of aromatic nitrogens is 3. The van der Waals surface area contributed by atoms with Gasteiger partial charge in [-0.1, -0.05) is 40.6 Å². The number of pyridine rings is 1. The minimum Gasteiger partial charge on any atom is -0.480 e. The Labute approximate surface area is 324 Å². The summed E-state index contributed by atoms with van der Waals surface area (Å²) in [6, 6.07) is 8.44. The second kappa shape index (κ2) is 23.4. The van der Waals surface area contributed by atoms with Crippen LogP contribution in [0.1, 0.15) is 25.3 Å². The van der Waals surface area contributed by atoms with E-state index in [1.807, 2.05) is 31.2 Å². The van der Waals surface area contributed by atoms with Crippen molar-refractivity contribution < 1.29 is 59.3 Å². The van der Waals surface area contributed by atoms with E-state index in [1.165, 1.54) is 24.0 Å². The Morgan fingerprint density at radius 2 is 1.69 bits per heavy atom. The zero-order valence-corrected chi connectivity index (χ0v) is 31.8. The predicted molar refractivity (Wildman–Crippen MR) is 205 cm³/mol. The van der Waals surface area contributed by atoms with Gasteiger partial charge >= 0.3 is 12.1 Å².